The summed E-state index contributed by atoms with van der Waals surface area (Å²) in [6.45, 7) is 4.01. The third kappa shape index (κ3) is 4.93. The molecule has 194 valence electrons. The summed E-state index contributed by atoms with van der Waals surface area (Å²) in [5.41, 5.74) is 3.54. The number of nitrogens with one attached hydrogen (secondary N) is 4. The molecule has 0 spiro atoms. The molecule has 4 N–H and O–H groups in total. The summed E-state index contributed by atoms with van der Waals surface area (Å²) in [6.07, 6.45) is 2.14. The molecule has 1 aromatic heterocycles. The molecule has 2 aliphatic rings. The van der Waals surface area contributed by atoms with Crippen molar-refractivity contribution in [3.63, 3.8) is 0 Å². The van der Waals surface area contributed by atoms with Crippen molar-refractivity contribution in [3.05, 3.63) is 87.8 Å². The van der Waals surface area contributed by atoms with E-state index in [1.807, 2.05) is 38.1 Å². The number of urea groups is 1. The number of aromatic nitrogens is 1. The number of benzene rings is 2. The lowest BCUT2D eigenvalue weighted by molar-refractivity contribution is -0.136. The molecule has 10 nitrogen and oxygen atoms in total. The van der Waals surface area contributed by atoms with Crippen LogP contribution in [0.1, 0.15) is 48.2 Å². The summed E-state index contributed by atoms with van der Waals surface area (Å²) in [5, 5.41) is 8.09. The number of aromatic amines is 1. The van der Waals surface area contributed by atoms with E-state index in [2.05, 4.69) is 20.9 Å². The number of amides is 5. The van der Waals surface area contributed by atoms with E-state index in [-0.39, 0.29) is 30.3 Å². The van der Waals surface area contributed by atoms with Crippen LogP contribution in [0.3, 0.4) is 0 Å². The summed E-state index contributed by atoms with van der Waals surface area (Å²) in [7, 11) is 0. The van der Waals surface area contributed by atoms with Crippen LogP contribution >= 0.6 is 0 Å². The van der Waals surface area contributed by atoms with Gasteiger partial charge in [0.2, 0.25) is 17.4 Å². The molecule has 3 heterocycles. The third-order valence-electron chi connectivity index (χ3n) is 6.93. The highest BCUT2D eigenvalue weighted by Crippen LogP contribution is 2.30. The number of rotatable bonds is 5. The standard InChI is InChI=1S/C28H27N5O5/c1-28(2,19-6-3-16(4-7-19)17-5-11-23(34)29-14-17)32-27(38)30-20-8-9-21-18(13-20)15-33(26(21)37)22-10-12-24(35)31-25(22)36/h3-9,11,13-14,22H,10,12,15H2,1-2H3,(H,29,34)(H2,30,32,38)(H,31,35,36). The number of pyridine rings is 1. The number of H-pyrrole nitrogens is 1. The molecule has 1 fully saturated rings. The first-order valence-corrected chi connectivity index (χ1v) is 12.3. The average Bonchev–Trinajstić information content (AvgIpc) is 3.19. The minimum Gasteiger partial charge on any atom is -0.329 e. The first kappa shape index (κ1) is 24.9. The van der Waals surface area contributed by atoms with Gasteiger partial charge in [-0.15, -0.1) is 0 Å². The Labute approximate surface area is 218 Å². The van der Waals surface area contributed by atoms with Gasteiger partial charge >= 0.3 is 6.03 Å². The smallest absolute Gasteiger partial charge is 0.319 e. The molecule has 2 aliphatic heterocycles. The van der Waals surface area contributed by atoms with Gasteiger partial charge in [0.25, 0.3) is 5.91 Å². The number of hydrogen-bond donors (Lipinski definition) is 4. The van der Waals surface area contributed by atoms with Crippen LogP contribution < -0.4 is 21.5 Å². The molecule has 38 heavy (non-hydrogen) atoms. The lowest BCUT2D eigenvalue weighted by Gasteiger charge is -2.29. The number of carbonyl (C=O) groups is 4. The largest absolute Gasteiger partial charge is 0.329 e. The van der Waals surface area contributed by atoms with Gasteiger partial charge in [0, 0.05) is 36.5 Å². The number of piperidine rings is 1. The van der Waals surface area contributed by atoms with E-state index in [9.17, 15) is 24.0 Å². The molecule has 0 saturated carbocycles. The molecular formula is C28H27N5O5. The van der Waals surface area contributed by atoms with Crippen molar-refractivity contribution in [1.82, 2.24) is 20.5 Å². The van der Waals surface area contributed by atoms with Gasteiger partial charge in [-0.2, -0.15) is 0 Å². The van der Waals surface area contributed by atoms with E-state index in [1.54, 1.807) is 30.5 Å². The van der Waals surface area contributed by atoms with E-state index >= 15 is 0 Å². The number of anilines is 1. The number of fused-ring (bicyclic) bond motifs is 1. The number of hydrogen-bond acceptors (Lipinski definition) is 5. The van der Waals surface area contributed by atoms with Crippen LogP contribution in [0.4, 0.5) is 10.5 Å². The first-order valence-electron chi connectivity index (χ1n) is 12.3. The van der Waals surface area contributed by atoms with Crippen LogP contribution in [0.2, 0.25) is 0 Å². The average molecular weight is 514 g/mol. The van der Waals surface area contributed by atoms with Crippen molar-refractivity contribution in [1.29, 1.82) is 0 Å². The van der Waals surface area contributed by atoms with Gasteiger partial charge in [0.1, 0.15) is 6.04 Å². The van der Waals surface area contributed by atoms with Gasteiger partial charge in [-0.3, -0.25) is 24.5 Å². The fourth-order valence-electron chi connectivity index (χ4n) is 4.84. The van der Waals surface area contributed by atoms with Crippen molar-refractivity contribution in [2.75, 3.05) is 5.32 Å². The second kappa shape index (κ2) is 9.62. The predicted octanol–water partition coefficient (Wildman–Crippen LogP) is 2.86. The highest BCUT2D eigenvalue weighted by Gasteiger charge is 2.39. The fraction of sp³-hybridized carbons (Fsp3) is 0.250. The first-order chi connectivity index (χ1) is 18.1. The molecule has 3 aromatic rings. The van der Waals surface area contributed by atoms with Crippen molar-refractivity contribution >= 4 is 29.4 Å². The number of carbonyl (C=O) groups excluding carboxylic acids is 4. The fourth-order valence-corrected chi connectivity index (χ4v) is 4.84. The van der Waals surface area contributed by atoms with E-state index in [1.165, 1.54) is 11.0 Å². The van der Waals surface area contributed by atoms with E-state index < -0.39 is 23.5 Å². The zero-order valence-corrected chi connectivity index (χ0v) is 21.0. The van der Waals surface area contributed by atoms with Crippen LogP contribution in [0.5, 0.6) is 0 Å². The van der Waals surface area contributed by atoms with Crippen LogP contribution in [0.15, 0.2) is 65.6 Å². The van der Waals surface area contributed by atoms with Crippen molar-refractivity contribution in [3.8, 4) is 11.1 Å². The van der Waals surface area contributed by atoms with Crippen LogP contribution in [0, 0.1) is 0 Å². The predicted molar refractivity (Wildman–Crippen MR) is 140 cm³/mol. The minimum atomic E-state index is -0.692. The highest BCUT2D eigenvalue weighted by molar-refractivity contribution is 6.05. The summed E-state index contributed by atoms with van der Waals surface area (Å²) in [4.78, 5) is 64.9. The number of nitrogens with zero attached hydrogens (tertiary/aromatic N) is 1. The number of imide groups is 1. The van der Waals surface area contributed by atoms with Crippen molar-refractivity contribution < 1.29 is 19.2 Å². The van der Waals surface area contributed by atoms with Crippen molar-refractivity contribution in [2.45, 2.75) is 44.8 Å². The molecule has 1 atom stereocenters. The highest BCUT2D eigenvalue weighted by atomic mass is 16.2. The quantitative estimate of drug-likeness (QED) is 0.389. The van der Waals surface area contributed by atoms with E-state index in [0.29, 0.717) is 23.2 Å². The molecule has 5 rings (SSSR count). The molecule has 2 aromatic carbocycles. The second-order valence-corrected chi connectivity index (χ2v) is 9.99. The molecule has 5 amide bonds. The van der Waals surface area contributed by atoms with Gasteiger partial charge in [-0.1, -0.05) is 24.3 Å². The maximum Gasteiger partial charge on any atom is 0.319 e. The topological polar surface area (TPSA) is 140 Å². The second-order valence-electron chi connectivity index (χ2n) is 9.99. The SMILES string of the molecule is CC(C)(NC(=O)Nc1ccc2c(c1)CN(C1CCC(=O)NC1=O)C2=O)c1ccc(-c2ccc(=O)[nH]c2)cc1. The van der Waals surface area contributed by atoms with Gasteiger partial charge in [-0.05, 0) is 66.8 Å². The van der Waals surface area contributed by atoms with Crippen LogP contribution in [0.25, 0.3) is 11.1 Å². The molecular weight excluding hydrogens is 486 g/mol. The van der Waals surface area contributed by atoms with Crippen LogP contribution in [-0.4, -0.2) is 39.7 Å². The zero-order chi connectivity index (χ0) is 27.0. The summed E-state index contributed by atoms with van der Waals surface area (Å²) >= 11 is 0. The van der Waals surface area contributed by atoms with Gasteiger partial charge in [0.15, 0.2) is 0 Å². The Morgan fingerprint density at radius 1 is 0.974 bits per heavy atom. The van der Waals surface area contributed by atoms with Crippen molar-refractivity contribution in [2.24, 2.45) is 0 Å². The Morgan fingerprint density at radius 2 is 1.71 bits per heavy atom. The maximum absolute atomic E-state index is 12.9. The lowest BCUT2D eigenvalue weighted by Crippen LogP contribution is -2.52. The van der Waals surface area contributed by atoms with E-state index in [4.69, 9.17) is 0 Å². The molecule has 1 saturated heterocycles. The Bertz CT molecular complexity index is 1490. The summed E-state index contributed by atoms with van der Waals surface area (Å²) < 4.78 is 0. The van der Waals surface area contributed by atoms with Crippen LogP contribution in [-0.2, 0) is 21.7 Å². The minimum absolute atomic E-state index is 0.164. The Kier molecular flexibility index (Phi) is 6.31. The normalized spacial score (nSPS) is 17.2. The maximum atomic E-state index is 12.9. The van der Waals surface area contributed by atoms with Gasteiger partial charge < -0.3 is 20.5 Å². The molecule has 1 unspecified atom stereocenters. The monoisotopic (exact) mass is 513 g/mol. The summed E-state index contributed by atoms with van der Waals surface area (Å²) in [6, 6.07) is 14.8. The molecule has 10 heteroatoms. The Hall–Kier alpha value is -4.73. The third-order valence-corrected chi connectivity index (χ3v) is 6.93. The van der Waals surface area contributed by atoms with E-state index in [0.717, 1.165) is 16.7 Å². The Morgan fingerprint density at radius 3 is 2.39 bits per heavy atom. The Balaban J connectivity index is 1.24. The zero-order valence-electron chi connectivity index (χ0n) is 21.0. The van der Waals surface area contributed by atoms with Gasteiger partial charge in [-0.25, -0.2) is 4.79 Å². The molecule has 0 radical (unpaired) electrons. The molecule has 0 bridgehead atoms. The summed E-state index contributed by atoms with van der Waals surface area (Å²) in [5.74, 6) is -1.06. The lowest BCUT2D eigenvalue weighted by atomic mass is 9.92. The molecule has 0 aliphatic carbocycles. The van der Waals surface area contributed by atoms with Gasteiger partial charge in [0.05, 0.1) is 5.54 Å².